The lowest BCUT2D eigenvalue weighted by atomic mass is 10.1. The maximum atomic E-state index is 13.1. The molecule has 0 aliphatic carbocycles. The Morgan fingerprint density at radius 1 is 1.00 bits per heavy atom. The number of hydrogen-bond donors (Lipinski definition) is 1. The summed E-state index contributed by atoms with van der Waals surface area (Å²) in [5.41, 5.74) is 3.27. The zero-order valence-electron chi connectivity index (χ0n) is 15.5. The number of nitrogens with two attached hydrogens (primary N) is 1. The molecule has 2 aromatic heterocycles. The molecule has 0 spiro atoms. The monoisotopic (exact) mass is 413 g/mol. The zero-order chi connectivity index (χ0) is 20.4. The minimum Gasteiger partial charge on any atom is -0.356 e. The van der Waals surface area contributed by atoms with Crippen LogP contribution in [0.25, 0.3) is 11.3 Å². The molecule has 0 saturated carbocycles. The van der Waals surface area contributed by atoms with Crippen LogP contribution in [-0.2, 0) is 12.2 Å². The Morgan fingerprint density at radius 3 is 2.34 bits per heavy atom. The molecule has 29 heavy (non-hydrogen) atoms. The highest BCUT2D eigenvalue weighted by Gasteiger charge is 2.17. The van der Waals surface area contributed by atoms with Crippen LogP contribution in [0.4, 0.5) is 8.78 Å². The number of nitrogens with zero attached hydrogens (tertiary/aromatic N) is 4. The first-order valence-corrected chi connectivity index (χ1v) is 9.77. The molecule has 0 bridgehead atoms. The SMILES string of the molecule is Cc1c(CSc2nnc(Cc3ccc(F)cc3)n2N)noc1-c1ccc(F)cc1. The quantitative estimate of drug-likeness (QED) is 0.378. The van der Waals surface area contributed by atoms with Crippen LogP contribution in [0.15, 0.2) is 58.2 Å². The van der Waals surface area contributed by atoms with Crippen molar-refractivity contribution in [2.24, 2.45) is 0 Å². The van der Waals surface area contributed by atoms with E-state index in [9.17, 15) is 8.78 Å². The van der Waals surface area contributed by atoms with E-state index >= 15 is 0 Å². The molecular formula is C20H17F2N5OS. The lowest BCUT2D eigenvalue weighted by Gasteiger charge is -2.03. The topological polar surface area (TPSA) is 82.8 Å². The Morgan fingerprint density at radius 2 is 1.66 bits per heavy atom. The van der Waals surface area contributed by atoms with E-state index in [0.717, 1.165) is 22.4 Å². The standard InChI is InChI=1S/C20H17F2N5OS/c1-12-17(26-28-19(12)14-4-8-16(22)9-5-14)11-29-20-25-24-18(27(20)23)10-13-2-6-15(21)7-3-13/h2-9H,10-11,23H2,1H3. The number of thioether (sulfide) groups is 1. The van der Waals surface area contributed by atoms with Gasteiger partial charge in [-0.15, -0.1) is 10.2 Å². The summed E-state index contributed by atoms with van der Waals surface area (Å²) in [7, 11) is 0. The fourth-order valence-corrected chi connectivity index (χ4v) is 3.70. The number of rotatable bonds is 6. The minimum atomic E-state index is -0.305. The van der Waals surface area contributed by atoms with Gasteiger partial charge in [-0.1, -0.05) is 29.1 Å². The Bertz CT molecular complexity index is 1120. The van der Waals surface area contributed by atoms with Crippen LogP contribution >= 0.6 is 11.8 Å². The Kier molecular flexibility index (Phi) is 5.30. The highest BCUT2D eigenvalue weighted by Crippen LogP contribution is 2.29. The molecule has 148 valence electrons. The normalized spacial score (nSPS) is 11.1. The van der Waals surface area contributed by atoms with E-state index in [0.29, 0.717) is 28.9 Å². The van der Waals surface area contributed by atoms with Gasteiger partial charge in [-0.05, 0) is 48.9 Å². The third-order valence-corrected chi connectivity index (χ3v) is 5.43. The summed E-state index contributed by atoms with van der Waals surface area (Å²) in [5.74, 6) is 7.18. The first-order chi connectivity index (χ1) is 14.0. The smallest absolute Gasteiger partial charge is 0.210 e. The fraction of sp³-hybridized carbons (Fsp3) is 0.150. The molecule has 0 amide bonds. The molecule has 0 aliphatic rings. The van der Waals surface area contributed by atoms with Crippen molar-refractivity contribution < 1.29 is 13.3 Å². The van der Waals surface area contributed by atoms with E-state index in [4.69, 9.17) is 10.4 Å². The molecule has 2 heterocycles. The van der Waals surface area contributed by atoms with Crippen molar-refractivity contribution in [3.63, 3.8) is 0 Å². The first-order valence-electron chi connectivity index (χ1n) is 8.79. The molecule has 9 heteroatoms. The van der Waals surface area contributed by atoms with E-state index in [1.807, 2.05) is 6.92 Å². The van der Waals surface area contributed by atoms with Crippen molar-refractivity contribution in [3.8, 4) is 11.3 Å². The molecule has 4 aromatic rings. The second-order valence-corrected chi connectivity index (χ2v) is 7.39. The molecule has 0 unspecified atom stereocenters. The van der Waals surface area contributed by atoms with Crippen LogP contribution in [-0.4, -0.2) is 20.0 Å². The number of benzene rings is 2. The van der Waals surface area contributed by atoms with Gasteiger partial charge in [0, 0.05) is 23.3 Å². The van der Waals surface area contributed by atoms with Crippen molar-refractivity contribution in [2.75, 3.05) is 5.84 Å². The maximum Gasteiger partial charge on any atom is 0.210 e. The van der Waals surface area contributed by atoms with Crippen LogP contribution in [0.3, 0.4) is 0 Å². The summed E-state index contributed by atoms with van der Waals surface area (Å²) < 4.78 is 33.0. The number of aromatic nitrogens is 4. The summed E-state index contributed by atoms with van der Waals surface area (Å²) in [6.45, 7) is 1.90. The van der Waals surface area contributed by atoms with Crippen LogP contribution in [0.1, 0.15) is 22.6 Å². The van der Waals surface area contributed by atoms with Crippen molar-refractivity contribution in [2.45, 2.75) is 24.3 Å². The Hall–Kier alpha value is -3.20. The second kappa shape index (κ2) is 8.04. The molecule has 4 rings (SSSR count). The third-order valence-electron chi connectivity index (χ3n) is 4.48. The van der Waals surface area contributed by atoms with E-state index < -0.39 is 0 Å². The van der Waals surface area contributed by atoms with Crippen molar-refractivity contribution in [1.82, 2.24) is 20.0 Å². The zero-order valence-corrected chi connectivity index (χ0v) is 16.3. The minimum absolute atomic E-state index is 0.290. The van der Waals surface area contributed by atoms with Gasteiger partial charge in [0.15, 0.2) is 11.6 Å². The van der Waals surface area contributed by atoms with Crippen LogP contribution < -0.4 is 5.84 Å². The Labute approximate surface area is 169 Å². The third kappa shape index (κ3) is 4.14. The van der Waals surface area contributed by atoms with Crippen LogP contribution in [0.2, 0.25) is 0 Å². The maximum absolute atomic E-state index is 13.1. The fourth-order valence-electron chi connectivity index (χ4n) is 2.82. The largest absolute Gasteiger partial charge is 0.356 e. The highest BCUT2D eigenvalue weighted by molar-refractivity contribution is 7.98. The average Bonchev–Trinajstić information content (AvgIpc) is 3.25. The van der Waals surface area contributed by atoms with Gasteiger partial charge in [0.05, 0.1) is 5.69 Å². The van der Waals surface area contributed by atoms with Gasteiger partial charge in [0.2, 0.25) is 5.16 Å². The second-order valence-electron chi connectivity index (χ2n) is 6.45. The molecule has 0 aliphatic heterocycles. The molecule has 2 aromatic carbocycles. The van der Waals surface area contributed by atoms with Gasteiger partial charge in [-0.2, -0.15) is 0 Å². The molecule has 2 N–H and O–H groups in total. The predicted octanol–water partition coefficient (Wildman–Crippen LogP) is 4.12. The molecule has 0 atom stereocenters. The van der Waals surface area contributed by atoms with Crippen LogP contribution in [0.5, 0.6) is 0 Å². The first kappa shape index (κ1) is 19.1. The average molecular weight is 413 g/mol. The van der Waals surface area contributed by atoms with Crippen LogP contribution in [0, 0.1) is 18.6 Å². The molecule has 0 fully saturated rings. The molecule has 0 radical (unpaired) electrons. The predicted molar refractivity (Wildman–Crippen MR) is 106 cm³/mol. The van der Waals surface area contributed by atoms with Gasteiger partial charge in [-0.25, -0.2) is 13.5 Å². The molecular weight excluding hydrogens is 396 g/mol. The van der Waals surface area contributed by atoms with Crippen molar-refractivity contribution >= 4 is 11.8 Å². The van der Waals surface area contributed by atoms with Gasteiger partial charge in [0.25, 0.3) is 0 Å². The summed E-state index contributed by atoms with van der Waals surface area (Å²) in [5, 5.41) is 12.9. The summed E-state index contributed by atoms with van der Waals surface area (Å²) >= 11 is 1.38. The highest BCUT2D eigenvalue weighted by atomic mass is 32.2. The summed E-state index contributed by atoms with van der Waals surface area (Å²) in [6, 6.07) is 12.2. The number of hydrogen-bond acceptors (Lipinski definition) is 6. The Balaban J connectivity index is 1.45. The number of nitrogen functional groups attached to an aromatic ring is 1. The van der Waals surface area contributed by atoms with E-state index in [-0.39, 0.29) is 11.6 Å². The molecule has 6 nitrogen and oxygen atoms in total. The van der Waals surface area contributed by atoms with E-state index in [1.165, 1.54) is 40.7 Å². The van der Waals surface area contributed by atoms with Gasteiger partial charge in [-0.3, -0.25) is 0 Å². The van der Waals surface area contributed by atoms with Gasteiger partial charge in [0.1, 0.15) is 11.6 Å². The molecule has 0 saturated heterocycles. The van der Waals surface area contributed by atoms with Gasteiger partial charge < -0.3 is 10.4 Å². The van der Waals surface area contributed by atoms with E-state index in [1.54, 1.807) is 24.3 Å². The lowest BCUT2D eigenvalue weighted by Crippen LogP contribution is -2.14. The summed E-state index contributed by atoms with van der Waals surface area (Å²) in [6.07, 6.45) is 0.446. The van der Waals surface area contributed by atoms with E-state index in [2.05, 4.69) is 15.4 Å². The lowest BCUT2D eigenvalue weighted by molar-refractivity contribution is 0.426. The number of halogens is 2. The van der Waals surface area contributed by atoms with Gasteiger partial charge >= 0.3 is 0 Å². The van der Waals surface area contributed by atoms with Crippen molar-refractivity contribution in [1.29, 1.82) is 0 Å². The van der Waals surface area contributed by atoms with Crippen molar-refractivity contribution in [3.05, 3.63) is 82.8 Å². The summed E-state index contributed by atoms with van der Waals surface area (Å²) in [4.78, 5) is 0.